The zero-order chi connectivity index (χ0) is 17.8. The smallest absolute Gasteiger partial charge is 0.261 e. The van der Waals surface area contributed by atoms with Crippen LogP contribution in [0, 0.1) is 5.92 Å². The standard InChI is InChI=1S/C20H22ClNO3/c1-13(25-18-5-3-4-16(21)12-18)20(23)22-19(14-6-7-14)15-8-10-17(24-2)11-9-15/h3-5,8-14,19H,6-7H2,1-2H3,(H,22,23). The Labute approximate surface area is 153 Å². The van der Waals surface area contributed by atoms with E-state index in [1.54, 1.807) is 38.3 Å². The summed E-state index contributed by atoms with van der Waals surface area (Å²) in [6.45, 7) is 1.74. The molecule has 3 rings (SSSR count). The van der Waals surface area contributed by atoms with Crippen LogP contribution in [0.1, 0.15) is 31.4 Å². The number of halogens is 1. The highest BCUT2D eigenvalue weighted by Crippen LogP contribution is 2.41. The molecule has 1 aliphatic carbocycles. The van der Waals surface area contributed by atoms with Crippen molar-refractivity contribution in [2.24, 2.45) is 5.92 Å². The largest absolute Gasteiger partial charge is 0.497 e. The van der Waals surface area contributed by atoms with Crippen LogP contribution in [0.3, 0.4) is 0 Å². The minimum absolute atomic E-state index is 0.00353. The average molecular weight is 360 g/mol. The van der Waals surface area contributed by atoms with E-state index in [9.17, 15) is 4.79 Å². The van der Waals surface area contributed by atoms with Gasteiger partial charge in [-0.15, -0.1) is 0 Å². The van der Waals surface area contributed by atoms with Crippen molar-refractivity contribution in [2.75, 3.05) is 7.11 Å². The maximum Gasteiger partial charge on any atom is 0.261 e. The molecule has 0 saturated heterocycles. The van der Waals surface area contributed by atoms with Gasteiger partial charge >= 0.3 is 0 Å². The molecule has 2 unspecified atom stereocenters. The molecule has 1 fully saturated rings. The fourth-order valence-corrected chi connectivity index (χ4v) is 2.96. The third-order valence-corrected chi connectivity index (χ3v) is 4.58. The lowest BCUT2D eigenvalue weighted by Crippen LogP contribution is -2.39. The maximum atomic E-state index is 12.6. The van der Waals surface area contributed by atoms with Gasteiger partial charge in [-0.25, -0.2) is 0 Å². The summed E-state index contributed by atoms with van der Waals surface area (Å²) >= 11 is 5.96. The molecule has 0 radical (unpaired) electrons. The molecular formula is C20H22ClNO3. The fourth-order valence-electron chi connectivity index (χ4n) is 2.78. The third-order valence-electron chi connectivity index (χ3n) is 4.34. The highest BCUT2D eigenvalue weighted by Gasteiger charge is 2.34. The van der Waals surface area contributed by atoms with E-state index >= 15 is 0 Å². The highest BCUT2D eigenvalue weighted by molar-refractivity contribution is 6.30. The molecule has 25 heavy (non-hydrogen) atoms. The zero-order valence-electron chi connectivity index (χ0n) is 14.4. The SMILES string of the molecule is COc1ccc(C(NC(=O)C(C)Oc2cccc(Cl)c2)C2CC2)cc1. The molecule has 5 heteroatoms. The predicted octanol–water partition coefficient (Wildman–Crippen LogP) is 4.38. The van der Waals surface area contributed by atoms with Gasteiger partial charge in [0.25, 0.3) is 5.91 Å². The van der Waals surface area contributed by atoms with Crippen LogP contribution in [0.25, 0.3) is 0 Å². The molecule has 2 atom stereocenters. The van der Waals surface area contributed by atoms with Gasteiger partial charge in [0.05, 0.1) is 13.2 Å². The Balaban J connectivity index is 1.65. The van der Waals surface area contributed by atoms with Crippen LogP contribution in [-0.2, 0) is 4.79 Å². The summed E-state index contributed by atoms with van der Waals surface area (Å²) in [6.07, 6.45) is 1.65. The van der Waals surface area contributed by atoms with Crippen molar-refractivity contribution in [1.82, 2.24) is 5.32 Å². The predicted molar refractivity (Wildman–Crippen MR) is 98.1 cm³/mol. The summed E-state index contributed by atoms with van der Waals surface area (Å²) in [7, 11) is 1.64. The van der Waals surface area contributed by atoms with Crippen LogP contribution in [0.4, 0.5) is 0 Å². The van der Waals surface area contributed by atoms with Crippen molar-refractivity contribution < 1.29 is 14.3 Å². The second-order valence-corrected chi connectivity index (χ2v) is 6.75. The van der Waals surface area contributed by atoms with E-state index in [0.29, 0.717) is 16.7 Å². The number of ether oxygens (including phenoxy) is 2. The van der Waals surface area contributed by atoms with Gasteiger partial charge in [0.1, 0.15) is 11.5 Å². The van der Waals surface area contributed by atoms with Crippen LogP contribution < -0.4 is 14.8 Å². The molecule has 0 bridgehead atoms. The lowest BCUT2D eigenvalue weighted by atomic mass is 10.0. The summed E-state index contributed by atoms with van der Waals surface area (Å²) in [4.78, 5) is 12.6. The zero-order valence-corrected chi connectivity index (χ0v) is 15.1. The quantitative estimate of drug-likeness (QED) is 0.797. The molecule has 0 heterocycles. The van der Waals surface area contributed by atoms with E-state index in [2.05, 4.69) is 5.32 Å². The Hall–Kier alpha value is -2.20. The Bertz CT molecular complexity index is 728. The monoisotopic (exact) mass is 359 g/mol. The molecular weight excluding hydrogens is 338 g/mol. The van der Waals surface area contributed by atoms with Gasteiger partial charge in [0, 0.05) is 5.02 Å². The third kappa shape index (κ3) is 4.67. The summed E-state index contributed by atoms with van der Waals surface area (Å²) < 4.78 is 10.9. The van der Waals surface area contributed by atoms with Crippen LogP contribution >= 0.6 is 11.6 Å². The Morgan fingerprint density at radius 1 is 1.16 bits per heavy atom. The minimum atomic E-state index is -0.599. The summed E-state index contributed by atoms with van der Waals surface area (Å²) in [6, 6.07) is 14.9. The second-order valence-electron chi connectivity index (χ2n) is 6.31. The van der Waals surface area contributed by atoms with Crippen LogP contribution in [0.2, 0.25) is 5.02 Å². The number of benzene rings is 2. The Morgan fingerprint density at radius 2 is 1.88 bits per heavy atom. The van der Waals surface area contributed by atoms with E-state index in [1.165, 1.54) is 0 Å². The number of hydrogen-bond donors (Lipinski definition) is 1. The van der Waals surface area contributed by atoms with Crippen molar-refractivity contribution in [1.29, 1.82) is 0 Å². The van der Waals surface area contributed by atoms with Crippen molar-refractivity contribution in [3.05, 3.63) is 59.1 Å². The van der Waals surface area contributed by atoms with Gasteiger partial charge in [-0.3, -0.25) is 4.79 Å². The van der Waals surface area contributed by atoms with Gasteiger partial charge in [-0.2, -0.15) is 0 Å². The Morgan fingerprint density at radius 3 is 2.48 bits per heavy atom. The van der Waals surface area contributed by atoms with Crippen LogP contribution in [-0.4, -0.2) is 19.1 Å². The number of methoxy groups -OCH3 is 1. The molecule has 1 saturated carbocycles. The maximum absolute atomic E-state index is 12.6. The fraction of sp³-hybridized carbons (Fsp3) is 0.350. The molecule has 0 spiro atoms. The van der Waals surface area contributed by atoms with Crippen molar-refractivity contribution in [2.45, 2.75) is 31.9 Å². The first-order valence-corrected chi connectivity index (χ1v) is 8.81. The van der Waals surface area contributed by atoms with Gasteiger partial charge in [0.15, 0.2) is 6.10 Å². The normalized spacial score (nSPS) is 16.0. The molecule has 132 valence electrons. The molecule has 4 nitrogen and oxygen atoms in total. The van der Waals surface area contributed by atoms with E-state index in [4.69, 9.17) is 21.1 Å². The van der Waals surface area contributed by atoms with Gasteiger partial charge in [-0.1, -0.05) is 29.8 Å². The average Bonchev–Trinajstić information content (AvgIpc) is 3.44. The van der Waals surface area contributed by atoms with Gasteiger partial charge < -0.3 is 14.8 Å². The topological polar surface area (TPSA) is 47.6 Å². The first-order chi connectivity index (χ1) is 12.1. The van der Waals surface area contributed by atoms with Gasteiger partial charge in [0.2, 0.25) is 0 Å². The first kappa shape index (κ1) is 17.6. The van der Waals surface area contributed by atoms with Crippen LogP contribution in [0.15, 0.2) is 48.5 Å². The number of carbonyl (C=O) groups excluding carboxylic acids is 1. The lowest BCUT2D eigenvalue weighted by molar-refractivity contribution is -0.128. The van der Waals surface area contributed by atoms with E-state index in [1.807, 2.05) is 24.3 Å². The number of amides is 1. The highest BCUT2D eigenvalue weighted by atomic mass is 35.5. The molecule has 0 aliphatic heterocycles. The van der Waals surface area contributed by atoms with Crippen molar-refractivity contribution >= 4 is 17.5 Å². The molecule has 2 aromatic rings. The summed E-state index contributed by atoms with van der Waals surface area (Å²) in [5.74, 6) is 1.74. The van der Waals surface area contributed by atoms with Crippen molar-refractivity contribution in [3.8, 4) is 11.5 Å². The second kappa shape index (κ2) is 7.79. The van der Waals surface area contributed by atoms with E-state index < -0.39 is 6.10 Å². The summed E-state index contributed by atoms with van der Waals surface area (Å²) in [5, 5.41) is 3.71. The van der Waals surface area contributed by atoms with Crippen molar-refractivity contribution in [3.63, 3.8) is 0 Å². The van der Waals surface area contributed by atoms with Crippen LogP contribution in [0.5, 0.6) is 11.5 Å². The van der Waals surface area contributed by atoms with E-state index in [-0.39, 0.29) is 11.9 Å². The molecule has 2 aromatic carbocycles. The molecule has 1 N–H and O–H groups in total. The number of nitrogens with one attached hydrogen (secondary N) is 1. The molecule has 0 aromatic heterocycles. The number of rotatable bonds is 7. The Kier molecular flexibility index (Phi) is 5.49. The molecule has 1 amide bonds. The first-order valence-electron chi connectivity index (χ1n) is 8.43. The van der Waals surface area contributed by atoms with Gasteiger partial charge in [-0.05, 0) is 61.6 Å². The number of hydrogen-bond acceptors (Lipinski definition) is 3. The minimum Gasteiger partial charge on any atom is -0.497 e. The molecule has 1 aliphatic rings. The number of carbonyl (C=O) groups is 1. The van der Waals surface area contributed by atoms with E-state index in [0.717, 1.165) is 24.2 Å². The summed E-state index contributed by atoms with van der Waals surface area (Å²) in [5.41, 5.74) is 1.09. The lowest BCUT2D eigenvalue weighted by Gasteiger charge is -2.22.